The van der Waals surface area contributed by atoms with Gasteiger partial charge in [-0.3, -0.25) is 0 Å². The molecule has 1 fully saturated rings. The van der Waals surface area contributed by atoms with E-state index in [1.165, 1.54) is 11.1 Å². The summed E-state index contributed by atoms with van der Waals surface area (Å²) in [5, 5.41) is 3.30. The number of alkyl carbamates (subject to hydrolysis) is 1. The third kappa shape index (κ3) is 5.04. The van der Waals surface area contributed by atoms with Gasteiger partial charge in [0, 0.05) is 24.2 Å². The highest BCUT2D eigenvalue weighted by atomic mass is 35.5. The van der Waals surface area contributed by atoms with Crippen LogP contribution in [0.3, 0.4) is 0 Å². The zero-order valence-electron chi connectivity index (χ0n) is 22.0. The van der Waals surface area contributed by atoms with Crippen LogP contribution in [0.25, 0.3) is 17.2 Å². The number of carbonyl (C=O) groups is 1. The fourth-order valence-corrected chi connectivity index (χ4v) is 5.00. The number of nitrogen functional groups attached to an aromatic ring is 1. The van der Waals surface area contributed by atoms with Gasteiger partial charge in [0.15, 0.2) is 0 Å². The van der Waals surface area contributed by atoms with Gasteiger partial charge < -0.3 is 25.1 Å². The Kier molecular flexibility index (Phi) is 6.98. The second kappa shape index (κ2) is 10.1. The number of fused-ring (bicyclic) bond motifs is 3. The second-order valence-corrected chi connectivity index (χ2v) is 11.0. The van der Waals surface area contributed by atoms with Crippen LogP contribution in [0.5, 0.6) is 0 Å². The van der Waals surface area contributed by atoms with Crippen molar-refractivity contribution in [3.8, 4) is 11.1 Å². The summed E-state index contributed by atoms with van der Waals surface area (Å²) in [5.41, 5.74) is 10.6. The molecule has 7 nitrogen and oxygen atoms in total. The molecule has 38 heavy (non-hydrogen) atoms. The Hall–Kier alpha value is -3.33. The quantitative estimate of drug-likeness (QED) is 0.386. The molecule has 0 unspecified atom stereocenters. The van der Waals surface area contributed by atoms with Crippen LogP contribution in [0.1, 0.15) is 50.3 Å². The first-order valence-electron chi connectivity index (χ1n) is 12.6. The van der Waals surface area contributed by atoms with Crippen molar-refractivity contribution in [1.29, 1.82) is 0 Å². The van der Waals surface area contributed by atoms with Gasteiger partial charge in [-0.2, -0.15) is 0 Å². The van der Waals surface area contributed by atoms with E-state index >= 15 is 0 Å². The van der Waals surface area contributed by atoms with Gasteiger partial charge in [0.1, 0.15) is 12.4 Å². The van der Waals surface area contributed by atoms with Gasteiger partial charge in [0.05, 0.1) is 16.2 Å². The van der Waals surface area contributed by atoms with Crippen molar-refractivity contribution in [2.75, 3.05) is 18.9 Å². The van der Waals surface area contributed by atoms with E-state index in [1.54, 1.807) is 18.3 Å². The first-order valence-corrected chi connectivity index (χ1v) is 13.0. The number of carbonyl (C=O) groups excluding carboxylic acids is 1. The number of nitrogens with zero attached hydrogens (tertiary/aromatic N) is 1. The summed E-state index contributed by atoms with van der Waals surface area (Å²) < 4.78 is 18.2. The molecule has 196 valence electrons. The number of hydrogen-bond acceptors (Lipinski definition) is 6. The van der Waals surface area contributed by atoms with Crippen molar-refractivity contribution in [2.45, 2.75) is 44.8 Å². The molecule has 3 aromatic rings. The average molecular weight is 532 g/mol. The van der Waals surface area contributed by atoms with Crippen LogP contribution in [0, 0.1) is 0 Å². The zero-order valence-corrected chi connectivity index (χ0v) is 22.7. The minimum Gasteiger partial charge on any atom is -0.449 e. The Morgan fingerprint density at radius 1 is 1.08 bits per heavy atom. The van der Waals surface area contributed by atoms with Crippen LogP contribution in [-0.4, -0.2) is 42.5 Å². The molecule has 3 N–H and O–H groups in total. The summed E-state index contributed by atoms with van der Waals surface area (Å²) in [4.78, 5) is 17.0. The number of hydrogen-bond donors (Lipinski definition) is 2. The lowest BCUT2D eigenvalue weighted by Gasteiger charge is -2.32. The Labute approximate surface area is 228 Å². The van der Waals surface area contributed by atoms with Crippen molar-refractivity contribution < 1.29 is 18.8 Å². The molecule has 9 heteroatoms. The third-order valence-corrected chi connectivity index (χ3v) is 7.91. The smallest absolute Gasteiger partial charge is 0.449 e. The Balaban J connectivity index is 1.31. The number of rotatable bonds is 6. The molecular formula is C29H31BClN3O4. The second-order valence-electron chi connectivity index (χ2n) is 10.6. The van der Waals surface area contributed by atoms with Crippen LogP contribution >= 0.6 is 11.6 Å². The molecule has 5 rings (SSSR count). The predicted octanol–water partition coefficient (Wildman–Crippen LogP) is 5.87. The number of pyridine rings is 1. The maximum Gasteiger partial charge on any atom is 0.492 e. The largest absolute Gasteiger partial charge is 0.492 e. The molecule has 2 heterocycles. The number of nitrogens with one attached hydrogen (secondary N) is 1. The van der Waals surface area contributed by atoms with Gasteiger partial charge in [-0.1, -0.05) is 66.2 Å². The summed E-state index contributed by atoms with van der Waals surface area (Å²) in [7, 11) is -0.692. The van der Waals surface area contributed by atoms with Crippen LogP contribution in [-0.2, 0) is 14.0 Å². The number of benzene rings is 2. The van der Waals surface area contributed by atoms with Gasteiger partial charge in [-0.15, -0.1) is 0 Å². The molecule has 1 saturated heterocycles. The average Bonchev–Trinajstić information content (AvgIpc) is 3.30. The summed E-state index contributed by atoms with van der Waals surface area (Å²) in [6.45, 7) is 8.25. The third-order valence-electron chi connectivity index (χ3n) is 7.58. The maximum atomic E-state index is 12.9. The fourth-order valence-electron chi connectivity index (χ4n) is 4.78. The highest BCUT2D eigenvalue weighted by Crippen LogP contribution is 2.44. The van der Waals surface area contributed by atoms with Gasteiger partial charge in [-0.25, -0.2) is 9.78 Å². The van der Waals surface area contributed by atoms with Gasteiger partial charge in [0.25, 0.3) is 0 Å². The lowest BCUT2D eigenvalue weighted by molar-refractivity contribution is 0.00578. The minimum absolute atomic E-state index is 0.0223. The van der Waals surface area contributed by atoms with Crippen molar-refractivity contribution >= 4 is 36.7 Å². The van der Waals surface area contributed by atoms with E-state index < -0.39 is 24.4 Å². The molecule has 1 aromatic heterocycles. The SMILES string of the molecule is CC1(C)OB(C(=Cc2cnc(N)cc2Cl)CNC(=O)OCC2c3ccccc3-c3ccccc32)OC1(C)C. The Bertz CT molecular complexity index is 1350. The molecule has 0 bridgehead atoms. The molecule has 1 amide bonds. The van der Waals surface area contributed by atoms with Gasteiger partial charge in [0.2, 0.25) is 0 Å². The molecule has 2 aliphatic rings. The molecule has 1 aliphatic heterocycles. The van der Waals surface area contributed by atoms with Crippen molar-refractivity contribution in [3.63, 3.8) is 0 Å². The molecule has 1 aliphatic carbocycles. The summed E-state index contributed by atoms with van der Waals surface area (Å²) in [5.74, 6) is 0.298. The monoisotopic (exact) mass is 531 g/mol. The summed E-state index contributed by atoms with van der Waals surface area (Å²) in [6, 6.07) is 18.0. The van der Waals surface area contributed by atoms with Crippen LogP contribution in [0.4, 0.5) is 10.6 Å². The van der Waals surface area contributed by atoms with E-state index in [1.807, 2.05) is 52.0 Å². The fraction of sp³-hybridized carbons (Fsp3) is 0.310. The van der Waals surface area contributed by atoms with E-state index in [2.05, 4.69) is 34.6 Å². The summed E-state index contributed by atoms with van der Waals surface area (Å²) >= 11 is 6.40. The van der Waals surface area contributed by atoms with Crippen molar-refractivity contribution in [3.05, 3.63) is 88.0 Å². The number of anilines is 1. The molecule has 2 aromatic carbocycles. The van der Waals surface area contributed by atoms with Crippen molar-refractivity contribution in [1.82, 2.24) is 10.3 Å². The van der Waals surface area contributed by atoms with E-state index in [9.17, 15) is 4.79 Å². The molecule has 0 spiro atoms. The number of ether oxygens (including phenoxy) is 1. The Morgan fingerprint density at radius 2 is 1.66 bits per heavy atom. The first kappa shape index (κ1) is 26.3. The highest BCUT2D eigenvalue weighted by molar-refractivity contribution is 6.56. The molecular weight excluding hydrogens is 501 g/mol. The topological polar surface area (TPSA) is 95.7 Å². The van der Waals surface area contributed by atoms with Crippen LogP contribution in [0.15, 0.2) is 66.3 Å². The standard InChI is InChI=1S/C29H31BClN3O4/c1-28(2)29(3,4)38-30(37-28)19(13-18-15-33-26(32)14-25(18)31)16-34-27(35)36-17-24-22-11-7-5-9-20(22)21-10-6-8-12-23(21)24/h5-15,24H,16-17H2,1-4H3,(H2,32,33)(H,34,35). The number of nitrogens with two attached hydrogens (primary N) is 1. The van der Waals surface area contributed by atoms with Crippen LogP contribution in [0.2, 0.25) is 5.02 Å². The van der Waals surface area contributed by atoms with Crippen molar-refractivity contribution in [2.24, 2.45) is 0 Å². The molecule has 0 saturated carbocycles. The molecule has 0 atom stereocenters. The summed E-state index contributed by atoms with van der Waals surface area (Å²) in [6.07, 6.45) is 2.85. The molecule has 0 radical (unpaired) electrons. The lowest BCUT2D eigenvalue weighted by atomic mass is 9.77. The van der Waals surface area contributed by atoms with Gasteiger partial charge >= 0.3 is 13.2 Å². The number of amides is 1. The maximum absolute atomic E-state index is 12.9. The Morgan fingerprint density at radius 3 is 2.24 bits per heavy atom. The van der Waals surface area contributed by atoms with E-state index in [0.717, 1.165) is 11.1 Å². The highest BCUT2D eigenvalue weighted by Gasteiger charge is 2.52. The number of aromatic nitrogens is 1. The number of halogens is 1. The van der Waals surface area contributed by atoms with E-state index in [4.69, 9.17) is 31.4 Å². The van der Waals surface area contributed by atoms with Crippen LogP contribution < -0.4 is 11.1 Å². The van der Waals surface area contributed by atoms with Gasteiger partial charge in [-0.05, 0) is 61.5 Å². The first-order chi connectivity index (χ1) is 18.1. The normalized spacial score (nSPS) is 17.7. The lowest BCUT2D eigenvalue weighted by Crippen LogP contribution is -2.41. The zero-order chi connectivity index (χ0) is 27.1. The van der Waals surface area contributed by atoms with E-state index in [-0.39, 0.29) is 19.1 Å². The van der Waals surface area contributed by atoms with E-state index in [0.29, 0.717) is 21.9 Å². The predicted molar refractivity (Wildman–Crippen MR) is 151 cm³/mol. The minimum atomic E-state index is -0.692.